The molecule has 16 heavy (non-hydrogen) atoms. The third-order valence-electron chi connectivity index (χ3n) is 3.03. The molecule has 1 amide bonds. The molecule has 3 N–H and O–H groups in total. The van der Waals surface area contributed by atoms with Crippen molar-refractivity contribution in [2.24, 2.45) is 5.92 Å². The van der Waals surface area contributed by atoms with Gasteiger partial charge in [-0.15, -0.1) is 0 Å². The topological polar surface area (TPSA) is 55.1 Å². The van der Waals surface area contributed by atoms with Gasteiger partial charge in [0.25, 0.3) is 5.91 Å². The van der Waals surface area contributed by atoms with Crippen LogP contribution in [0.25, 0.3) is 0 Å². The van der Waals surface area contributed by atoms with Crippen LogP contribution in [0.15, 0.2) is 22.7 Å². The Labute approximate surface area is 104 Å². The highest BCUT2D eigenvalue weighted by molar-refractivity contribution is 9.10. The maximum Gasteiger partial charge on any atom is 0.253 e. The minimum absolute atomic E-state index is 0.0723. The second-order valence-electron chi connectivity index (χ2n) is 4.24. The van der Waals surface area contributed by atoms with Crippen LogP contribution in [-0.4, -0.2) is 12.5 Å². The Morgan fingerprint density at radius 1 is 1.50 bits per heavy atom. The first-order chi connectivity index (χ1) is 7.66. The van der Waals surface area contributed by atoms with Crippen LogP contribution in [0.3, 0.4) is 0 Å². The van der Waals surface area contributed by atoms with Crippen molar-refractivity contribution in [1.82, 2.24) is 5.32 Å². The molecule has 0 aromatic heterocycles. The van der Waals surface area contributed by atoms with Crippen LogP contribution in [0, 0.1) is 5.92 Å². The van der Waals surface area contributed by atoms with Crippen molar-refractivity contribution in [2.75, 3.05) is 12.3 Å². The zero-order valence-electron chi connectivity index (χ0n) is 9.00. The van der Waals surface area contributed by atoms with Crippen molar-refractivity contribution in [3.63, 3.8) is 0 Å². The molecule has 0 atom stereocenters. The summed E-state index contributed by atoms with van der Waals surface area (Å²) in [6.45, 7) is 0.772. The van der Waals surface area contributed by atoms with E-state index in [4.69, 9.17) is 5.73 Å². The summed E-state index contributed by atoms with van der Waals surface area (Å²) in [6.07, 6.45) is 3.76. The molecule has 1 aliphatic carbocycles. The lowest BCUT2D eigenvalue weighted by atomic mass is 9.85. The van der Waals surface area contributed by atoms with E-state index in [0.717, 1.165) is 11.0 Å². The van der Waals surface area contributed by atoms with E-state index in [-0.39, 0.29) is 5.91 Å². The Kier molecular flexibility index (Phi) is 3.49. The van der Waals surface area contributed by atoms with Gasteiger partial charge < -0.3 is 11.1 Å². The standard InChI is InChI=1S/C12H15BrN2O/c13-9-4-5-10(11(14)6-9)12(16)15-7-8-2-1-3-8/h4-6,8H,1-3,7,14H2,(H,15,16). The van der Waals surface area contributed by atoms with Crippen LogP contribution >= 0.6 is 15.9 Å². The lowest BCUT2D eigenvalue weighted by molar-refractivity contribution is 0.0940. The fraction of sp³-hybridized carbons (Fsp3) is 0.417. The molecule has 0 unspecified atom stereocenters. The molecule has 1 aromatic rings. The molecule has 0 spiro atoms. The number of hydrogen-bond acceptors (Lipinski definition) is 2. The predicted molar refractivity (Wildman–Crippen MR) is 68.2 cm³/mol. The molecule has 0 heterocycles. The first kappa shape index (κ1) is 11.5. The van der Waals surface area contributed by atoms with Crippen molar-refractivity contribution >= 4 is 27.5 Å². The summed E-state index contributed by atoms with van der Waals surface area (Å²) in [7, 11) is 0. The third kappa shape index (κ3) is 2.55. The summed E-state index contributed by atoms with van der Waals surface area (Å²) in [5.74, 6) is 0.595. The van der Waals surface area contributed by atoms with Gasteiger partial charge in [-0.25, -0.2) is 0 Å². The van der Waals surface area contributed by atoms with Crippen LogP contribution in [0.1, 0.15) is 29.6 Å². The van der Waals surface area contributed by atoms with Crippen LogP contribution in [0.5, 0.6) is 0 Å². The average molecular weight is 283 g/mol. The molecular formula is C12H15BrN2O. The van der Waals surface area contributed by atoms with Gasteiger partial charge in [0.05, 0.1) is 5.56 Å². The monoisotopic (exact) mass is 282 g/mol. The molecule has 4 heteroatoms. The molecule has 1 aliphatic rings. The Balaban J connectivity index is 1.96. The number of amides is 1. The van der Waals surface area contributed by atoms with E-state index in [1.54, 1.807) is 12.1 Å². The smallest absolute Gasteiger partial charge is 0.253 e. The van der Waals surface area contributed by atoms with Crippen LogP contribution in [0.4, 0.5) is 5.69 Å². The number of nitrogen functional groups attached to an aromatic ring is 1. The molecule has 0 saturated heterocycles. The van der Waals surface area contributed by atoms with E-state index in [9.17, 15) is 4.79 Å². The summed E-state index contributed by atoms with van der Waals surface area (Å²) in [5, 5.41) is 2.93. The molecular weight excluding hydrogens is 268 g/mol. The molecule has 1 saturated carbocycles. The van der Waals surface area contributed by atoms with Gasteiger partial charge >= 0.3 is 0 Å². The highest BCUT2D eigenvalue weighted by Crippen LogP contribution is 2.25. The highest BCUT2D eigenvalue weighted by atomic mass is 79.9. The second-order valence-corrected chi connectivity index (χ2v) is 5.15. The van der Waals surface area contributed by atoms with E-state index < -0.39 is 0 Å². The number of hydrogen-bond donors (Lipinski definition) is 2. The fourth-order valence-corrected chi connectivity index (χ4v) is 2.15. The zero-order valence-corrected chi connectivity index (χ0v) is 10.6. The molecule has 1 fully saturated rings. The number of rotatable bonds is 3. The quantitative estimate of drug-likeness (QED) is 0.838. The maximum atomic E-state index is 11.8. The van der Waals surface area contributed by atoms with Crippen LogP contribution in [-0.2, 0) is 0 Å². The Morgan fingerprint density at radius 3 is 2.81 bits per heavy atom. The van der Waals surface area contributed by atoms with Gasteiger partial charge in [-0.05, 0) is 37.0 Å². The van der Waals surface area contributed by atoms with E-state index in [1.165, 1.54) is 19.3 Å². The van der Waals surface area contributed by atoms with Gasteiger partial charge in [0.15, 0.2) is 0 Å². The number of anilines is 1. The van der Waals surface area contributed by atoms with E-state index in [2.05, 4.69) is 21.2 Å². The third-order valence-corrected chi connectivity index (χ3v) is 3.53. The molecule has 2 rings (SSSR count). The van der Waals surface area contributed by atoms with Gasteiger partial charge in [-0.3, -0.25) is 4.79 Å². The van der Waals surface area contributed by atoms with Gasteiger partial charge in [0.1, 0.15) is 0 Å². The van der Waals surface area contributed by atoms with Crippen molar-refractivity contribution in [2.45, 2.75) is 19.3 Å². The van der Waals surface area contributed by atoms with Crippen molar-refractivity contribution in [3.05, 3.63) is 28.2 Å². The number of benzene rings is 1. The van der Waals surface area contributed by atoms with E-state index in [1.807, 2.05) is 6.07 Å². The summed E-state index contributed by atoms with van der Waals surface area (Å²) in [5.41, 5.74) is 6.86. The SMILES string of the molecule is Nc1cc(Br)ccc1C(=O)NCC1CCC1. The lowest BCUT2D eigenvalue weighted by Gasteiger charge is -2.25. The molecule has 0 radical (unpaired) electrons. The first-order valence-electron chi connectivity index (χ1n) is 5.50. The lowest BCUT2D eigenvalue weighted by Crippen LogP contribution is -2.32. The molecule has 0 aliphatic heterocycles. The van der Waals surface area contributed by atoms with Crippen LogP contribution < -0.4 is 11.1 Å². The minimum atomic E-state index is -0.0723. The Bertz CT molecular complexity index is 402. The normalized spacial score (nSPS) is 15.6. The van der Waals surface area contributed by atoms with Gasteiger partial charge in [0, 0.05) is 16.7 Å². The number of nitrogens with two attached hydrogens (primary N) is 1. The maximum absolute atomic E-state index is 11.8. The van der Waals surface area contributed by atoms with Gasteiger partial charge in [-0.2, -0.15) is 0 Å². The van der Waals surface area contributed by atoms with Crippen molar-refractivity contribution < 1.29 is 4.79 Å². The van der Waals surface area contributed by atoms with E-state index in [0.29, 0.717) is 17.2 Å². The highest BCUT2D eigenvalue weighted by Gasteiger charge is 2.18. The predicted octanol–water partition coefficient (Wildman–Crippen LogP) is 2.56. The second kappa shape index (κ2) is 4.87. The van der Waals surface area contributed by atoms with Crippen molar-refractivity contribution in [1.29, 1.82) is 0 Å². The Morgan fingerprint density at radius 2 is 2.25 bits per heavy atom. The average Bonchev–Trinajstić information content (AvgIpc) is 2.14. The summed E-state index contributed by atoms with van der Waals surface area (Å²) in [6, 6.07) is 5.32. The minimum Gasteiger partial charge on any atom is -0.398 e. The molecule has 0 bridgehead atoms. The number of halogens is 1. The van der Waals surface area contributed by atoms with Crippen LogP contribution in [0.2, 0.25) is 0 Å². The largest absolute Gasteiger partial charge is 0.398 e. The summed E-state index contributed by atoms with van der Waals surface area (Å²) >= 11 is 3.32. The first-order valence-corrected chi connectivity index (χ1v) is 6.29. The fourth-order valence-electron chi connectivity index (χ4n) is 1.77. The summed E-state index contributed by atoms with van der Waals surface area (Å²) in [4.78, 5) is 11.8. The van der Waals surface area contributed by atoms with Crippen molar-refractivity contribution in [3.8, 4) is 0 Å². The molecule has 3 nitrogen and oxygen atoms in total. The molecule has 86 valence electrons. The van der Waals surface area contributed by atoms with E-state index >= 15 is 0 Å². The zero-order chi connectivity index (χ0) is 11.5. The van der Waals surface area contributed by atoms with Gasteiger partial charge in [-0.1, -0.05) is 22.4 Å². The Hall–Kier alpha value is -1.03. The van der Waals surface area contributed by atoms with Gasteiger partial charge in [0.2, 0.25) is 0 Å². The summed E-state index contributed by atoms with van der Waals surface area (Å²) < 4.78 is 0.889. The number of carbonyl (C=O) groups excluding carboxylic acids is 1. The number of carbonyl (C=O) groups is 1. The molecule has 1 aromatic carbocycles. The number of nitrogens with one attached hydrogen (secondary N) is 1.